The third-order valence-corrected chi connectivity index (χ3v) is 5.46. The lowest BCUT2D eigenvalue weighted by Crippen LogP contribution is -2.32. The van der Waals surface area contributed by atoms with Gasteiger partial charge in [-0.1, -0.05) is 42.1 Å². The minimum Gasteiger partial charge on any atom is -0.465 e. The quantitative estimate of drug-likeness (QED) is 0.475. The van der Waals surface area contributed by atoms with E-state index in [4.69, 9.17) is 8.83 Å². The van der Waals surface area contributed by atoms with E-state index in [0.29, 0.717) is 11.5 Å². The summed E-state index contributed by atoms with van der Waals surface area (Å²) in [4.78, 5) is 13.7. The van der Waals surface area contributed by atoms with Crippen molar-refractivity contribution in [2.45, 2.75) is 36.3 Å². The average Bonchev–Trinajstić information content (AvgIpc) is 3.35. The SMILES string of the molecule is C=CCC(C=Cc1ccco1)NC(=O)c1ccc(Sc2c(C)cccc2C)o1. The Bertz CT molecular complexity index is 949. The first-order valence-corrected chi connectivity index (χ1v) is 9.86. The molecule has 2 aromatic heterocycles. The Morgan fingerprint density at radius 3 is 2.64 bits per heavy atom. The maximum absolute atomic E-state index is 12.6. The first-order chi connectivity index (χ1) is 13.6. The van der Waals surface area contributed by atoms with Gasteiger partial charge in [-0.25, -0.2) is 0 Å². The van der Waals surface area contributed by atoms with E-state index < -0.39 is 0 Å². The van der Waals surface area contributed by atoms with Gasteiger partial charge in [-0.05, 0) is 61.7 Å². The molecule has 0 aliphatic rings. The molecule has 1 unspecified atom stereocenters. The van der Waals surface area contributed by atoms with E-state index in [9.17, 15) is 4.79 Å². The minimum atomic E-state index is -0.260. The molecule has 1 N–H and O–H groups in total. The Labute approximate surface area is 169 Å². The molecule has 0 aliphatic heterocycles. The zero-order valence-corrected chi connectivity index (χ0v) is 16.8. The molecule has 0 fully saturated rings. The average molecular weight is 394 g/mol. The van der Waals surface area contributed by atoms with Crippen LogP contribution in [0.25, 0.3) is 6.08 Å². The van der Waals surface area contributed by atoms with Crippen molar-refractivity contribution in [1.29, 1.82) is 0 Å². The molecule has 5 heteroatoms. The maximum atomic E-state index is 12.6. The van der Waals surface area contributed by atoms with Crippen LogP contribution in [0.2, 0.25) is 0 Å². The molecule has 1 atom stereocenters. The van der Waals surface area contributed by atoms with Crippen molar-refractivity contribution in [2.75, 3.05) is 0 Å². The molecule has 0 saturated heterocycles. The van der Waals surface area contributed by atoms with Crippen molar-refractivity contribution in [1.82, 2.24) is 5.32 Å². The van der Waals surface area contributed by atoms with E-state index in [2.05, 4.69) is 37.9 Å². The van der Waals surface area contributed by atoms with Crippen LogP contribution in [-0.4, -0.2) is 11.9 Å². The number of rotatable bonds is 8. The second-order valence-electron chi connectivity index (χ2n) is 6.42. The fourth-order valence-corrected chi connectivity index (χ4v) is 3.69. The number of carbonyl (C=O) groups excluding carboxylic acids is 1. The Balaban J connectivity index is 1.67. The van der Waals surface area contributed by atoms with E-state index in [1.54, 1.807) is 18.4 Å². The van der Waals surface area contributed by atoms with Crippen LogP contribution in [0.3, 0.4) is 0 Å². The van der Waals surface area contributed by atoms with Crippen LogP contribution in [0, 0.1) is 13.8 Å². The first-order valence-electron chi connectivity index (χ1n) is 9.04. The smallest absolute Gasteiger partial charge is 0.287 e. The fourth-order valence-electron chi connectivity index (χ4n) is 2.76. The van der Waals surface area contributed by atoms with E-state index in [0.717, 1.165) is 10.7 Å². The van der Waals surface area contributed by atoms with Gasteiger partial charge in [-0.2, -0.15) is 0 Å². The number of amides is 1. The number of carbonyl (C=O) groups is 1. The van der Waals surface area contributed by atoms with Crippen molar-refractivity contribution in [2.24, 2.45) is 0 Å². The summed E-state index contributed by atoms with van der Waals surface area (Å²) < 4.78 is 11.1. The molecule has 2 heterocycles. The second kappa shape index (κ2) is 9.33. The van der Waals surface area contributed by atoms with Crippen molar-refractivity contribution < 1.29 is 13.6 Å². The summed E-state index contributed by atoms with van der Waals surface area (Å²) in [5.74, 6) is 0.757. The normalized spacial score (nSPS) is 12.2. The van der Waals surface area contributed by atoms with Gasteiger partial charge in [0.2, 0.25) is 0 Å². The third-order valence-electron chi connectivity index (χ3n) is 4.19. The highest BCUT2D eigenvalue weighted by molar-refractivity contribution is 7.99. The topological polar surface area (TPSA) is 55.4 Å². The zero-order chi connectivity index (χ0) is 19.9. The van der Waals surface area contributed by atoms with Gasteiger partial charge in [-0.3, -0.25) is 4.79 Å². The second-order valence-corrected chi connectivity index (χ2v) is 7.44. The lowest BCUT2D eigenvalue weighted by molar-refractivity contribution is 0.0912. The lowest BCUT2D eigenvalue weighted by atomic mass is 10.1. The number of nitrogens with one attached hydrogen (secondary N) is 1. The number of hydrogen-bond acceptors (Lipinski definition) is 4. The van der Waals surface area contributed by atoms with Crippen LogP contribution in [0.15, 0.2) is 86.3 Å². The van der Waals surface area contributed by atoms with Crippen LogP contribution < -0.4 is 5.32 Å². The summed E-state index contributed by atoms with van der Waals surface area (Å²) >= 11 is 1.53. The van der Waals surface area contributed by atoms with Crippen molar-refractivity contribution in [3.63, 3.8) is 0 Å². The molecular formula is C23H23NO3S. The number of furan rings is 2. The van der Waals surface area contributed by atoms with Crippen LogP contribution in [0.4, 0.5) is 0 Å². The Morgan fingerprint density at radius 1 is 1.18 bits per heavy atom. The molecule has 28 heavy (non-hydrogen) atoms. The van der Waals surface area contributed by atoms with E-state index in [1.165, 1.54) is 22.9 Å². The van der Waals surface area contributed by atoms with Gasteiger partial charge in [0.1, 0.15) is 5.76 Å². The molecule has 1 aromatic carbocycles. The van der Waals surface area contributed by atoms with Crippen LogP contribution >= 0.6 is 11.8 Å². The summed E-state index contributed by atoms with van der Waals surface area (Å²) in [7, 11) is 0. The van der Waals surface area contributed by atoms with Gasteiger partial charge >= 0.3 is 0 Å². The summed E-state index contributed by atoms with van der Waals surface area (Å²) in [6.07, 6.45) is 7.70. The first kappa shape index (κ1) is 19.8. The minimum absolute atomic E-state index is 0.199. The van der Waals surface area contributed by atoms with Crippen molar-refractivity contribution in [3.05, 3.63) is 90.1 Å². The molecule has 0 aliphatic carbocycles. The summed E-state index contributed by atoms with van der Waals surface area (Å²) in [5.41, 5.74) is 2.36. The molecule has 0 spiro atoms. The Hall–Kier alpha value is -2.92. The van der Waals surface area contributed by atoms with Crippen LogP contribution in [-0.2, 0) is 0 Å². The monoisotopic (exact) mass is 393 g/mol. The van der Waals surface area contributed by atoms with Gasteiger partial charge in [0.05, 0.1) is 12.3 Å². The van der Waals surface area contributed by atoms with E-state index >= 15 is 0 Å². The largest absolute Gasteiger partial charge is 0.465 e. The van der Waals surface area contributed by atoms with Crippen molar-refractivity contribution >= 4 is 23.7 Å². The Kier molecular flexibility index (Phi) is 6.61. The highest BCUT2D eigenvalue weighted by atomic mass is 32.2. The Morgan fingerprint density at radius 2 is 1.96 bits per heavy atom. The molecule has 0 saturated carbocycles. The standard InChI is InChI=1S/C23H23NO3S/c1-4-7-18(11-12-19-10-6-15-26-19)24-23(25)20-13-14-21(27-20)28-22-16(2)8-5-9-17(22)3/h4-6,8-15,18H,1,7H2,2-3H3,(H,24,25). The van der Waals surface area contributed by atoms with Gasteiger partial charge in [0, 0.05) is 4.90 Å². The van der Waals surface area contributed by atoms with E-state index in [1.807, 2.05) is 36.4 Å². The third kappa shape index (κ3) is 5.08. The highest BCUT2D eigenvalue weighted by Crippen LogP contribution is 2.33. The molecular weight excluding hydrogens is 370 g/mol. The zero-order valence-electron chi connectivity index (χ0n) is 16.0. The summed E-state index contributed by atoms with van der Waals surface area (Å²) in [5, 5.41) is 3.64. The maximum Gasteiger partial charge on any atom is 0.287 e. The molecule has 0 radical (unpaired) electrons. The molecule has 1 amide bonds. The molecule has 144 valence electrons. The van der Waals surface area contributed by atoms with E-state index in [-0.39, 0.29) is 17.7 Å². The number of benzene rings is 1. The molecule has 3 rings (SSSR count). The predicted molar refractivity (Wildman–Crippen MR) is 113 cm³/mol. The number of aryl methyl sites for hydroxylation is 2. The van der Waals surface area contributed by atoms with Gasteiger partial charge < -0.3 is 14.2 Å². The molecule has 4 nitrogen and oxygen atoms in total. The lowest BCUT2D eigenvalue weighted by Gasteiger charge is -2.12. The fraction of sp³-hybridized carbons (Fsp3) is 0.174. The van der Waals surface area contributed by atoms with Gasteiger partial charge in [-0.15, -0.1) is 6.58 Å². The molecule has 0 bridgehead atoms. The number of hydrogen-bond donors (Lipinski definition) is 1. The van der Waals surface area contributed by atoms with Crippen molar-refractivity contribution in [3.8, 4) is 0 Å². The van der Waals surface area contributed by atoms with Crippen LogP contribution in [0.1, 0.15) is 33.9 Å². The summed E-state index contributed by atoms with van der Waals surface area (Å²) in [6.45, 7) is 7.89. The van der Waals surface area contributed by atoms with Gasteiger partial charge in [0.25, 0.3) is 5.91 Å². The molecule has 3 aromatic rings. The summed E-state index contributed by atoms with van der Waals surface area (Å²) in [6, 6.07) is 13.2. The highest BCUT2D eigenvalue weighted by Gasteiger charge is 2.16. The van der Waals surface area contributed by atoms with Crippen LogP contribution in [0.5, 0.6) is 0 Å². The van der Waals surface area contributed by atoms with Gasteiger partial charge in [0.15, 0.2) is 10.9 Å². The predicted octanol–water partition coefficient (Wildman–Crippen LogP) is 6.03.